The number of amides is 1. The third-order valence-electron chi connectivity index (χ3n) is 3.95. The van der Waals surface area contributed by atoms with Crippen LogP contribution in [0.3, 0.4) is 0 Å². The molecule has 4 nitrogen and oxygen atoms in total. The molecular weight excluding hydrogens is 314 g/mol. The zero-order chi connectivity index (χ0) is 18.7. The van der Waals surface area contributed by atoms with Crippen molar-refractivity contribution < 1.29 is 14.3 Å². The second-order valence-electron chi connectivity index (χ2n) is 7.33. The summed E-state index contributed by atoms with van der Waals surface area (Å²) in [5.74, 6) is 0.949. The first-order valence-electron chi connectivity index (χ1n) is 9.33. The molecule has 0 heterocycles. The normalized spacial score (nSPS) is 11.1. The van der Waals surface area contributed by atoms with Crippen LogP contribution >= 0.6 is 0 Å². The van der Waals surface area contributed by atoms with Crippen molar-refractivity contribution >= 4 is 11.7 Å². The zero-order valence-electron chi connectivity index (χ0n) is 16.1. The van der Waals surface area contributed by atoms with Gasteiger partial charge in [-0.15, -0.1) is 0 Å². The Hall–Kier alpha value is -1.68. The molecule has 0 radical (unpaired) electrons. The summed E-state index contributed by atoms with van der Waals surface area (Å²) < 4.78 is 5.61. The number of Topliss-reactive ketones (excluding diaryl/α,β-unsaturated/α-hetero) is 1. The van der Waals surface area contributed by atoms with Gasteiger partial charge in [0.05, 0.1) is 6.61 Å². The molecule has 25 heavy (non-hydrogen) atoms. The molecule has 1 amide bonds. The van der Waals surface area contributed by atoms with Gasteiger partial charge < -0.3 is 10.1 Å². The largest absolute Gasteiger partial charge is 0.377 e. The first kappa shape index (κ1) is 21.4. The van der Waals surface area contributed by atoms with E-state index in [1.807, 2.05) is 38.1 Å². The van der Waals surface area contributed by atoms with Crippen molar-refractivity contribution in [2.75, 3.05) is 6.61 Å². The molecule has 0 aliphatic rings. The number of rotatable bonds is 12. The molecule has 1 N–H and O–H groups in total. The van der Waals surface area contributed by atoms with Crippen LogP contribution in [0.4, 0.5) is 0 Å². The molecular formula is C21H33NO3. The molecule has 0 unspecified atom stereocenters. The maximum atomic E-state index is 11.9. The van der Waals surface area contributed by atoms with E-state index in [1.165, 1.54) is 0 Å². The van der Waals surface area contributed by atoms with Crippen molar-refractivity contribution in [1.82, 2.24) is 5.32 Å². The number of nitrogens with one attached hydrogen (secondary N) is 1. The van der Waals surface area contributed by atoms with Gasteiger partial charge in [0.15, 0.2) is 0 Å². The van der Waals surface area contributed by atoms with Gasteiger partial charge in [-0.1, -0.05) is 52.0 Å². The molecule has 0 atom stereocenters. The molecule has 1 aromatic rings. The summed E-state index contributed by atoms with van der Waals surface area (Å²) in [6.07, 6.45) is 2.60. The number of benzene rings is 1. The molecule has 0 saturated carbocycles. The number of hydrogen-bond acceptors (Lipinski definition) is 3. The molecule has 1 rings (SSSR count). The molecule has 0 aromatic heterocycles. The lowest BCUT2D eigenvalue weighted by molar-refractivity contribution is -0.123. The van der Waals surface area contributed by atoms with Crippen molar-refractivity contribution in [3.63, 3.8) is 0 Å². The standard InChI is InChI=1S/C21H33NO3/c1-16(2)14-25-15-19-11-9-18(10-12-19)13-22-21(24)8-6-5-7-20(23)17(3)4/h9-12,16-17H,5-8,13-15H2,1-4H3,(H,22,24). The fourth-order valence-corrected chi connectivity index (χ4v) is 2.33. The fraction of sp³-hybridized carbons (Fsp3) is 0.619. The SMILES string of the molecule is CC(C)COCc1ccc(CNC(=O)CCCCC(=O)C(C)C)cc1. The van der Waals surface area contributed by atoms with E-state index in [2.05, 4.69) is 19.2 Å². The van der Waals surface area contributed by atoms with Gasteiger partial charge >= 0.3 is 0 Å². The van der Waals surface area contributed by atoms with Crippen LogP contribution < -0.4 is 5.32 Å². The van der Waals surface area contributed by atoms with Crippen molar-refractivity contribution in [3.8, 4) is 0 Å². The Balaban J connectivity index is 2.19. The highest BCUT2D eigenvalue weighted by Gasteiger charge is 2.07. The minimum Gasteiger partial charge on any atom is -0.377 e. The highest BCUT2D eigenvalue weighted by molar-refractivity contribution is 5.80. The molecule has 0 fully saturated rings. The molecule has 140 valence electrons. The van der Waals surface area contributed by atoms with Gasteiger partial charge in [-0.05, 0) is 29.9 Å². The maximum Gasteiger partial charge on any atom is 0.220 e. The molecule has 0 aliphatic carbocycles. The predicted octanol–water partition coefficient (Wildman–Crippen LogP) is 4.26. The Labute approximate surface area is 152 Å². The van der Waals surface area contributed by atoms with Crippen LogP contribution in [0.5, 0.6) is 0 Å². The van der Waals surface area contributed by atoms with E-state index < -0.39 is 0 Å². The van der Waals surface area contributed by atoms with Crippen molar-refractivity contribution in [1.29, 1.82) is 0 Å². The number of unbranched alkanes of at least 4 members (excludes halogenated alkanes) is 1. The Morgan fingerprint density at radius 1 is 0.960 bits per heavy atom. The molecule has 1 aromatic carbocycles. The van der Waals surface area contributed by atoms with E-state index in [0.29, 0.717) is 31.9 Å². The van der Waals surface area contributed by atoms with Crippen LogP contribution in [0.25, 0.3) is 0 Å². The number of carbonyl (C=O) groups excluding carboxylic acids is 2. The van der Waals surface area contributed by atoms with E-state index in [1.54, 1.807) is 0 Å². The van der Waals surface area contributed by atoms with Gasteiger partial charge in [0.2, 0.25) is 5.91 Å². The maximum absolute atomic E-state index is 11.9. The van der Waals surface area contributed by atoms with E-state index in [-0.39, 0.29) is 17.6 Å². The zero-order valence-corrected chi connectivity index (χ0v) is 16.1. The quantitative estimate of drug-likeness (QED) is 0.575. The minimum absolute atomic E-state index is 0.0429. The van der Waals surface area contributed by atoms with Crippen LogP contribution in [-0.2, 0) is 27.5 Å². The molecule has 0 bridgehead atoms. The highest BCUT2D eigenvalue weighted by Crippen LogP contribution is 2.08. The summed E-state index contributed by atoms with van der Waals surface area (Å²) in [6.45, 7) is 10.0. The Kier molecular flexibility index (Phi) is 10.1. The summed E-state index contributed by atoms with van der Waals surface area (Å²) in [5, 5.41) is 2.93. The van der Waals surface area contributed by atoms with Gasteiger partial charge in [0.25, 0.3) is 0 Å². The van der Waals surface area contributed by atoms with Crippen LogP contribution in [-0.4, -0.2) is 18.3 Å². The number of ketones is 1. The molecule has 0 saturated heterocycles. The van der Waals surface area contributed by atoms with Crippen LogP contribution in [0.2, 0.25) is 0 Å². The molecule has 4 heteroatoms. The van der Waals surface area contributed by atoms with Crippen molar-refractivity contribution in [2.45, 2.75) is 66.5 Å². The van der Waals surface area contributed by atoms with E-state index >= 15 is 0 Å². The van der Waals surface area contributed by atoms with E-state index in [4.69, 9.17) is 4.74 Å². The smallest absolute Gasteiger partial charge is 0.220 e. The summed E-state index contributed by atoms with van der Waals surface area (Å²) in [6, 6.07) is 8.13. The summed E-state index contributed by atoms with van der Waals surface area (Å²) >= 11 is 0. The molecule has 0 aliphatic heterocycles. The molecule has 0 spiro atoms. The van der Waals surface area contributed by atoms with Gasteiger partial charge in [0.1, 0.15) is 5.78 Å². The second kappa shape index (κ2) is 11.8. The lowest BCUT2D eigenvalue weighted by atomic mass is 10.0. The number of ether oxygens (including phenoxy) is 1. The summed E-state index contributed by atoms with van der Waals surface area (Å²) in [5.41, 5.74) is 2.22. The fourth-order valence-electron chi connectivity index (χ4n) is 2.33. The summed E-state index contributed by atoms with van der Waals surface area (Å²) in [4.78, 5) is 23.4. The van der Waals surface area contributed by atoms with Crippen LogP contribution in [0, 0.1) is 11.8 Å². The van der Waals surface area contributed by atoms with Crippen LogP contribution in [0.15, 0.2) is 24.3 Å². The monoisotopic (exact) mass is 347 g/mol. The van der Waals surface area contributed by atoms with Crippen molar-refractivity contribution in [2.24, 2.45) is 11.8 Å². The van der Waals surface area contributed by atoms with Crippen LogP contribution in [0.1, 0.15) is 64.5 Å². The average Bonchev–Trinajstić information content (AvgIpc) is 2.57. The Morgan fingerprint density at radius 3 is 2.16 bits per heavy atom. The topological polar surface area (TPSA) is 55.4 Å². The van der Waals surface area contributed by atoms with Gasteiger partial charge in [-0.2, -0.15) is 0 Å². The van der Waals surface area contributed by atoms with Gasteiger partial charge in [-0.3, -0.25) is 9.59 Å². The second-order valence-corrected chi connectivity index (χ2v) is 7.33. The minimum atomic E-state index is 0.0429. The highest BCUT2D eigenvalue weighted by atomic mass is 16.5. The Morgan fingerprint density at radius 2 is 1.56 bits per heavy atom. The average molecular weight is 347 g/mol. The third kappa shape index (κ3) is 10.0. The third-order valence-corrected chi connectivity index (χ3v) is 3.95. The van der Waals surface area contributed by atoms with Gasteiger partial charge in [0, 0.05) is 31.9 Å². The predicted molar refractivity (Wildman–Crippen MR) is 101 cm³/mol. The van der Waals surface area contributed by atoms with Crippen molar-refractivity contribution in [3.05, 3.63) is 35.4 Å². The first-order valence-corrected chi connectivity index (χ1v) is 9.33. The lowest BCUT2D eigenvalue weighted by Gasteiger charge is -2.09. The number of carbonyl (C=O) groups is 2. The number of hydrogen-bond donors (Lipinski definition) is 1. The van der Waals surface area contributed by atoms with Gasteiger partial charge in [-0.25, -0.2) is 0 Å². The summed E-state index contributed by atoms with van der Waals surface area (Å²) in [7, 11) is 0. The van der Waals surface area contributed by atoms with E-state index in [0.717, 1.165) is 30.6 Å². The first-order chi connectivity index (χ1) is 11.9. The van der Waals surface area contributed by atoms with E-state index in [9.17, 15) is 9.59 Å². The lowest BCUT2D eigenvalue weighted by Crippen LogP contribution is -2.22. The Bertz CT molecular complexity index is 520.